The van der Waals surface area contributed by atoms with E-state index in [1.54, 1.807) is 11.9 Å². The third kappa shape index (κ3) is 4.22. The Morgan fingerprint density at radius 1 is 1.41 bits per heavy atom. The maximum atomic E-state index is 11.8. The molecule has 1 aliphatic heterocycles. The summed E-state index contributed by atoms with van der Waals surface area (Å²) in [7, 11) is 1.58. The molecule has 1 aliphatic rings. The first-order valence-corrected chi connectivity index (χ1v) is 5.76. The number of piperazine rings is 1. The van der Waals surface area contributed by atoms with Crippen LogP contribution in [0.5, 0.6) is 0 Å². The van der Waals surface area contributed by atoms with Gasteiger partial charge in [0.2, 0.25) is 5.91 Å². The minimum Gasteiger partial charge on any atom is -0.444 e. The second-order valence-electron chi connectivity index (χ2n) is 5.05. The van der Waals surface area contributed by atoms with Gasteiger partial charge >= 0.3 is 6.09 Å². The first-order chi connectivity index (χ1) is 7.83. The van der Waals surface area contributed by atoms with E-state index in [4.69, 9.17) is 4.74 Å². The third-order valence-corrected chi connectivity index (χ3v) is 2.39. The van der Waals surface area contributed by atoms with Crippen molar-refractivity contribution in [2.45, 2.75) is 32.4 Å². The fraction of sp³-hybridized carbons (Fsp3) is 0.818. The molecule has 6 heteroatoms. The molecule has 1 atom stereocenters. The Bertz CT molecular complexity index is 299. The second kappa shape index (κ2) is 5.35. The molecule has 2 N–H and O–H groups in total. The van der Waals surface area contributed by atoms with E-state index in [1.807, 2.05) is 20.8 Å². The largest absolute Gasteiger partial charge is 0.444 e. The number of ether oxygens (including phenoxy) is 1. The van der Waals surface area contributed by atoms with Crippen LogP contribution in [0.1, 0.15) is 20.8 Å². The van der Waals surface area contributed by atoms with Crippen molar-refractivity contribution in [1.29, 1.82) is 0 Å². The van der Waals surface area contributed by atoms with Crippen LogP contribution in [-0.4, -0.2) is 55.2 Å². The van der Waals surface area contributed by atoms with Gasteiger partial charge in [0.05, 0.1) is 0 Å². The van der Waals surface area contributed by atoms with Gasteiger partial charge in [-0.1, -0.05) is 0 Å². The molecule has 0 saturated carbocycles. The van der Waals surface area contributed by atoms with Gasteiger partial charge in [-0.3, -0.25) is 4.79 Å². The first-order valence-electron chi connectivity index (χ1n) is 5.76. The molecule has 0 spiro atoms. The van der Waals surface area contributed by atoms with E-state index in [0.717, 1.165) is 0 Å². The van der Waals surface area contributed by atoms with Crippen molar-refractivity contribution in [3.05, 3.63) is 0 Å². The molecule has 0 aromatic carbocycles. The predicted molar refractivity (Wildman–Crippen MR) is 63.7 cm³/mol. The van der Waals surface area contributed by atoms with Crippen LogP contribution in [0.25, 0.3) is 0 Å². The molecule has 1 saturated heterocycles. The van der Waals surface area contributed by atoms with Crippen molar-refractivity contribution in [3.8, 4) is 0 Å². The molecule has 0 bridgehead atoms. The Morgan fingerprint density at radius 3 is 2.59 bits per heavy atom. The lowest BCUT2D eigenvalue weighted by atomic mass is 10.2. The molecular formula is C11H21N3O3. The summed E-state index contributed by atoms with van der Waals surface area (Å²) in [5, 5.41) is 5.62. The number of carbonyl (C=O) groups excluding carboxylic acids is 2. The van der Waals surface area contributed by atoms with Crippen LogP contribution in [0.4, 0.5) is 4.79 Å². The molecule has 17 heavy (non-hydrogen) atoms. The smallest absolute Gasteiger partial charge is 0.410 e. The molecule has 0 aromatic rings. The Labute approximate surface area is 102 Å². The van der Waals surface area contributed by atoms with E-state index in [9.17, 15) is 9.59 Å². The fourth-order valence-corrected chi connectivity index (χ4v) is 1.59. The van der Waals surface area contributed by atoms with Gasteiger partial charge in [-0.15, -0.1) is 0 Å². The summed E-state index contributed by atoms with van der Waals surface area (Å²) < 4.78 is 5.27. The zero-order chi connectivity index (χ0) is 13.1. The van der Waals surface area contributed by atoms with E-state index in [1.165, 1.54) is 0 Å². The number of carbonyl (C=O) groups is 2. The van der Waals surface area contributed by atoms with E-state index >= 15 is 0 Å². The van der Waals surface area contributed by atoms with Crippen molar-refractivity contribution < 1.29 is 14.3 Å². The highest BCUT2D eigenvalue weighted by atomic mass is 16.6. The normalized spacial score (nSPS) is 20.9. The van der Waals surface area contributed by atoms with Crippen LogP contribution < -0.4 is 10.6 Å². The van der Waals surface area contributed by atoms with E-state index in [0.29, 0.717) is 19.6 Å². The molecule has 1 fully saturated rings. The molecule has 1 heterocycles. The molecule has 1 unspecified atom stereocenters. The van der Waals surface area contributed by atoms with E-state index < -0.39 is 5.60 Å². The van der Waals surface area contributed by atoms with Gasteiger partial charge in [0.15, 0.2) is 0 Å². The number of rotatable bonds is 1. The number of hydrogen-bond acceptors (Lipinski definition) is 4. The van der Waals surface area contributed by atoms with Crippen LogP contribution in [0, 0.1) is 0 Å². The Hall–Kier alpha value is -1.30. The molecule has 0 aliphatic carbocycles. The molecule has 6 nitrogen and oxygen atoms in total. The average Bonchev–Trinajstić information content (AvgIpc) is 2.26. The summed E-state index contributed by atoms with van der Waals surface area (Å²) in [5.41, 5.74) is -0.509. The average molecular weight is 243 g/mol. The van der Waals surface area contributed by atoms with Crippen molar-refractivity contribution in [2.75, 3.05) is 26.7 Å². The van der Waals surface area contributed by atoms with Gasteiger partial charge in [-0.2, -0.15) is 0 Å². The zero-order valence-corrected chi connectivity index (χ0v) is 10.9. The van der Waals surface area contributed by atoms with E-state index in [2.05, 4.69) is 10.6 Å². The highest BCUT2D eigenvalue weighted by Crippen LogP contribution is 2.11. The first kappa shape index (κ1) is 13.8. The number of nitrogens with one attached hydrogen (secondary N) is 2. The lowest BCUT2D eigenvalue weighted by Gasteiger charge is -2.34. The maximum absolute atomic E-state index is 11.8. The van der Waals surface area contributed by atoms with Crippen molar-refractivity contribution >= 4 is 12.0 Å². The highest BCUT2D eigenvalue weighted by Gasteiger charge is 2.30. The van der Waals surface area contributed by atoms with Gasteiger partial charge in [0, 0.05) is 26.7 Å². The quantitative estimate of drug-likeness (QED) is 0.677. The number of amides is 2. The fourth-order valence-electron chi connectivity index (χ4n) is 1.59. The number of likely N-dealkylation sites (N-methyl/N-ethyl adjacent to an activating group) is 1. The molecule has 98 valence electrons. The second-order valence-corrected chi connectivity index (χ2v) is 5.05. The summed E-state index contributed by atoms with van der Waals surface area (Å²) in [6.45, 7) is 6.96. The minimum atomic E-state index is -0.509. The van der Waals surface area contributed by atoms with Crippen LogP contribution in [0.15, 0.2) is 0 Å². The summed E-state index contributed by atoms with van der Waals surface area (Å²) in [4.78, 5) is 24.8. The van der Waals surface area contributed by atoms with Crippen LogP contribution in [0.3, 0.4) is 0 Å². The van der Waals surface area contributed by atoms with Gasteiger partial charge in [-0.05, 0) is 20.8 Å². The third-order valence-electron chi connectivity index (χ3n) is 2.39. The topological polar surface area (TPSA) is 70.7 Å². The zero-order valence-electron chi connectivity index (χ0n) is 10.9. The Kier molecular flexibility index (Phi) is 4.34. The summed E-state index contributed by atoms with van der Waals surface area (Å²) in [5.74, 6) is -0.113. The summed E-state index contributed by atoms with van der Waals surface area (Å²) in [6, 6.07) is -0.360. The molecule has 2 amide bonds. The van der Waals surface area contributed by atoms with Crippen molar-refractivity contribution in [2.24, 2.45) is 0 Å². The van der Waals surface area contributed by atoms with Crippen LogP contribution in [-0.2, 0) is 9.53 Å². The SMILES string of the molecule is CNC(=O)C1CN(C(=O)OC(C)(C)C)CCN1. The van der Waals surface area contributed by atoms with Crippen LogP contribution >= 0.6 is 0 Å². The standard InChI is InChI=1S/C11H21N3O3/c1-11(2,3)17-10(16)14-6-5-13-8(7-14)9(15)12-4/h8,13H,5-7H2,1-4H3,(H,12,15). The minimum absolute atomic E-state index is 0.113. The monoisotopic (exact) mass is 243 g/mol. The van der Waals surface area contributed by atoms with Gasteiger partial charge in [-0.25, -0.2) is 4.79 Å². The van der Waals surface area contributed by atoms with Crippen LogP contribution in [0.2, 0.25) is 0 Å². The summed E-state index contributed by atoms with van der Waals surface area (Å²) in [6.07, 6.45) is -0.368. The lowest BCUT2D eigenvalue weighted by molar-refractivity contribution is -0.123. The molecule has 0 radical (unpaired) electrons. The Morgan fingerprint density at radius 2 is 2.06 bits per heavy atom. The molecular weight excluding hydrogens is 222 g/mol. The van der Waals surface area contributed by atoms with Gasteiger partial charge in [0.1, 0.15) is 11.6 Å². The van der Waals surface area contributed by atoms with Crippen molar-refractivity contribution in [3.63, 3.8) is 0 Å². The molecule has 1 rings (SSSR count). The number of nitrogens with zero attached hydrogens (tertiary/aromatic N) is 1. The molecule has 0 aromatic heterocycles. The highest BCUT2D eigenvalue weighted by molar-refractivity contribution is 5.82. The number of hydrogen-bond donors (Lipinski definition) is 2. The summed E-state index contributed by atoms with van der Waals surface area (Å²) >= 11 is 0. The Balaban J connectivity index is 2.55. The predicted octanol–water partition coefficient (Wildman–Crippen LogP) is -0.0587. The lowest BCUT2D eigenvalue weighted by Crippen LogP contribution is -2.58. The van der Waals surface area contributed by atoms with E-state index in [-0.39, 0.29) is 18.0 Å². The van der Waals surface area contributed by atoms with Gasteiger partial charge in [0.25, 0.3) is 0 Å². The van der Waals surface area contributed by atoms with Crippen molar-refractivity contribution in [1.82, 2.24) is 15.5 Å². The van der Waals surface area contributed by atoms with Gasteiger partial charge < -0.3 is 20.3 Å². The maximum Gasteiger partial charge on any atom is 0.410 e.